The maximum absolute atomic E-state index is 14.2. The number of allylic oxidation sites excluding steroid dienone is 1. The van der Waals surface area contributed by atoms with Crippen LogP contribution in [0.5, 0.6) is 0 Å². The minimum atomic E-state index is -0.665. The lowest BCUT2D eigenvalue weighted by Gasteiger charge is -2.25. The number of hydrogen-bond acceptors (Lipinski definition) is 4. The zero-order valence-corrected chi connectivity index (χ0v) is 27.7. The molecule has 1 N–H and O–H groups in total. The molecule has 216 valence electrons. The van der Waals surface area contributed by atoms with Gasteiger partial charge in [-0.2, -0.15) is 0 Å². The van der Waals surface area contributed by atoms with E-state index in [2.05, 4.69) is 77.5 Å². The topological polar surface area (TPSA) is 68.4 Å². The van der Waals surface area contributed by atoms with Gasteiger partial charge in [0.1, 0.15) is 0 Å². The number of benzene rings is 3. The SMILES string of the molecule is CC1=C(C(=O)Nc2ccccc2)[C@H](c2ccc(Cl)cc2)n2c(s/c(=C\c3cc(C)n(-c4ccc(C)c(I)c4)c3C)c2=O)=N1. The Hall–Kier alpha value is -3.73. The van der Waals surface area contributed by atoms with E-state index in [1.54, 1.807) is 16.7 Å². The molecule has 1 atom stereocenters. The van der Waals surface area contributed by atoms with Crippen LogP contribution >= 0.6 is 45.5 Å². The molecule has 3 aromatic carbocycles. The molecular weight excluding hydrogens is 691 g/mol. The Labute approximate surface area is 271 Å². The van der Waals surface area contributed by atoms with Gasteiger partial charge in [0.15, 0.2) is 4.80 Å². The van der Waals surface area contributed by atoms with Crippen LogP contribution in [0.1, 0.15) is 41.0 Å². The lowest BCUT2D eigenvalue weighted by atomic mass is 9.95. The molecule has 9 heteroatoms. The third kappa shape index (κ3) is 5.55. The fraction of sp³-hybridized carbons (Fsp3) is 0.147. The van der Waals surface area contributed by atoms with Crippen molar-refractivity contribution in [2.75, 3.05) is 5.32 Å². The second kappa shape index (κ2) is 11.7. The first-order valence-corrected chi connectivity index (χ1v) is 16.0. The van der Waals surface area contributed by atoms with Crippen LogP contribution in [0.3, 0.4) is 0 Å². The van der Waals surface area contributed by atoms with E-state index in [0.29, 0.717) is 31.3 Å². The van der Waals surface area contributed by atoms with Gasteiger partial charge in [0.25, 0.3) is 11.5 Å². The second-order valence-corrected chi connectivity index (χ2v) is 13.2. The molecule has 6 nitrogen and oxygen atoms in total. The highest BCUT2D eigenvalue weighted by molar-refractivity contribution is 14.1. The fourth-order valence-electron chi connectivity index (χ4n) is 5.49. The molecular formula is C34H28ClIN4O2S. The standard InChI is InChI=1S/C34H28ClIN4O2S/c1-19-10-15-27(18-28(19)36)39-20(2)16-24(22(39)4)17-29-33(42)40-31(23-11-13-25(35)14-12-23)30(21(3)37-34(40)43-29)32(41)38-26-8-6-5-7-9-26/h5-18,31H,1-4H3,(H,38,41)/b29-17-/t31-/m0/s1. The fourth-order valence-corrected chi connectivity index (χ4v) is 7.15. The average Bonchev–Trinajstić information content (AvgIpc) is 3.44. The Morgan fingerprint density at radius 2 is 1.72 bits per heavy atom. The third-order valence-corrected chi connectivity index (χ3v) is 10.1. The molecule has 2 aromatic heterocycles. The van der Waals surface area contributed by atoms with Gasteiger partial charge in [-0.3, -0.25) is 14.2 Å². The van der Waals surface area contributed by atoms with Gasteiger partial charge in [0.2, 0.25) is 0 Å². The molecule has 0 fully saturated rings. The normalized spacial score (nSPS) is 14.9. The Morgan fingerprint density at radius 3 is 2.42 bits per heavy atom. The number of anilines is 1. The van der Waals surface area contributed by atoms with Crippen LogP contribution in [0.2, 0.25) is 5.02 Å². The van der Waals surface area contributed by atoms with Crippen LogP contribution in [-0.2, 0) is 4.79 Å². The Morgan fingerprint density at radius 1 is 1.00 bits per heavy atom. The molecule has 5 aromatic rings. The van der Waals surface area contributed by atoms with E-state index < -0.39 is 6.04 Å². The minimum Gasteiger partial charge on any atom is -0.322 e. The average molecular weight is 719 g/mol. The maximum atomic E-state index is 14.2. The first-order chi connectivity index (χ1) is 20.6. The van der Waals surface area contributed by atoms with E-state index in [9.17, 15) is 9.59 Å². The van der Waals surface area contributed by atoms with Crippen molar-refractivity contribution in [2.24, 2.45) is 4.99 Å². The molecule has 1 amide bonds. The predicted octanol–water partition coefficient (Wildman–Crippen LogP) is 6.85. The Kier molecular flexibility index (Phi) is 8.02. The molecule has 0 unspecified atom stereocenters. The van der Waals surface area contributed by atoms with Crippen molar-refractivity contribution in [2.45, 2.75) is 33.7 Å². The van der Waals surface area contributed by atoms with E-state index in [-0.39, 0.29) is 11.5 Å². The van der Waals surface area contributed by atoms with Gasteiger partial charge in [-0.05, 0) is 116 Å². The van der Waals surface area contributed by atoms with Crippen molar-refractivity contribution >= 4 is 63.2 Å². The minimum absolute atomic E-state index is 0.198. The number of amides is 1. The van der Waals surface area contributed by atoms with Crippen LogP contribution in [0.15, 0.2) is 99.9 Å². The molecule has 0 saturated carbocycles. The molecule has 1 aliphatic rings. The highest BCUT2D eigenvalue weighted by Crippen LogP contribution is 2.31. The molecule has 6 rings (SSSR count). The number of aromatic nitrogens is 2. The maximum Gasteiger partial charge on any atom is 0.271 e. The van der Waals surface area contributed by atoms with Gasteiger partial charge in [-0.25, -0.2) is 4.99 Å². The first kappa shape index (κ1) is 29.3. The van der Waals surface area contributed by atoms with Gasteiger partial charge < -0.3 is 9.88 Å². The number of carbonyl (C=O) groups is 1. The summed E-state index contributed by atoms with van der Waals surface area (Å²) in [5.74, 6) is -0.307. The number of hydrogen-bond donors (Lipinski definition) is 1. The summed E-state index contributed by atoms with van der Waals surface area (Å²) >= 11 is 9.91. The quantitative estimate of drug-likeness (QED) is 0.202. The second-order valence-electron chi connectivity index (χ2n) is 10.5. The lowest BCUT2D eigenvalue weighted by molar-refractivity contribution is -0.113. The molecule has 0 aliphatic carbocycles. The van der Waals surface area contributed by atoms with E-state index in [1.165, 1.54) is 20.5 Å². The van der Waals surface area contributed by atoms with Crippen LogP contribution < -0.4 is 20.2 Å². The lowest BCUT2D eigenvalue weighted by Crippen LogP contribution is -2.40. The Bertz CT molecular complexity index is 2110. The van der Waals surface area contributed by atoms with E-state index in [4.69, 9.17) is 16.6 Å². The molecule has 1 aliphatic heterocycles. The number of aryl methyl sites for hydroxylation is 2. The third-order valence-electron chi connectivity index (χ3n) is 7.65. The summed E-state index contributed by atoms with van der Waals surface area (Å²) in [4.78, 5) is 33.2. The summed E-state index contributed by atoms with van der Waals surface area (Å²) in [6.07, 6.45) is 1.93. The highest BCUT2D eigenvalue weighted by atomic mass is 127. The van der Waals surface area contributed by atoms with Crippen molar-refractivity contribution in [3.8, 4) is 5.69 Å². The summed E-state index contributed by atoms with van der Waals surface area (Å²) in [6.45, 7) is 8.05. The van der Waals surface area contributed by atoms with Gasteiger partial charge in [-0.1, -0.05) is 59.3 Å². The number of carbonyl (C=O) groups excluding carboxylic acids is 1. The van der Waals surface area contributed by atoms with Gasteiger partial charge in [-0.15, -0.1) is 0 Å². The van der Waals surface area contributed by atoms with Crippen LogP contribution in [-0.4, -0.2) is 15.0 Å². The first-order valence-electron chi connectivity index (χ1n) is 13.7. The number of thiazole rings is 1. The van der Waals surface area contributed by atoms with Crippen LogP contribution in [0.4, 0.5) is 5.69 Å². The zero-order chi connectivity index (χ0) is 30.4. The molecule has 0 bridgehead atoms. The smallest absolute Gasteiger partial charge is 0.271 e. The molecule has 0 spiro atoms. The van der Waals surface area contributed by atoms with Gasteiger partial charge in [0.05, 0.1) is 21.8 Å². The number of para-hydroxylation sites is 1. The number of nitrogens with zero attached hydrogens (tertiary/aromatic N) is 3. The number of nitrogens with one attached hydrogen (secondary N) is 1. The van der Waals surface area contributed by atoms with E-state index in [0.717, 1.165) is 28.2 Å². The van der Waals surface area contributed by atoms with Crippen molar-refractivity contribution in [3.63, 3.8) is 0 Å². The van der Waals surface area contributed by atoms with Crippen molar-refractivity contribution in [1.82, 2.24) is 9.13 Å². The molecule has 3 heterocycles. The van der Waals surface area contributed by atoms with Crippen molar-refractivity contribution in [1.29, 1.82) is 0 Å². The number of fused-ring (bicyclic) bond motifs is 1. The molecule has 0 radical (unpaired) electrons. The Balaban J connectivity index is 1.49. The summed E-state index contributed by atoms with van der Waals surface area (Å²) in [5.41, 5.74) is 7.60. The predicted molar refractivity (Wildman–Crippen MR) is 183 cm³/mol. The monoisotopic (exact) mass is 718 g/mol. The summed E-state index contributed by atoms with van der Waals surface area (Å²) in [7, 11) is 0. The van der Waals surface area contributed by atoms with Gasteiger partial charge in [0, 0.05) is 31.4 Å². The summed E-state index contributed by atoms with van der Waals surface area (Å²) in [6, 6.07) is 24.4. The zero-order valence-electron chi connectivity index (χ0n) is 24.0. The number of halogens is 2. The largest absolute Gasteiger partial charge is 0.322 e. The van der Waals surface area contributed by atoms with E-state index >= 15 is 0 Å². The van der Waals surface area contributed by atoms with Crippen molar-refractivity contribution < 1.29 is 4.79 Å². The van der Waals surface area contributed by atoms with E-state index in [1.807, 2.05) is 55.5 Å². The summed E-state index contributed by atoms with van der Waals surface area (Å²) in [5, 5.41) is 3.56. The van der Waals surface area contributed by atoms with Crippen LogP contribution in [0.25, 0.3) is 11.8 Å². The highest BCUT2D eigenvalue weighted by Gasteiger charge is 2.32. The molecule has 43 heavy (non-hydrogen) atoms. The molecule has 0 saturated heterocycles. The van der Waals surface area contributed by atoms with Crippen molar-refractivity contribution in [3.05, 3.63) is 146 Å². The van der Waals surface area contributed by atoms with Gasteiger partial charge >= 0.3 is 0 Å². The summed E-state index contributed by atoms with van der Waals surface area (Å²) < 4.78 is 5.59. The number of rotatable bonds is 5. The van der Waals surface area contributed by atoms with Crippen LogP contribution in [0, 0.1) is 24.3 Å².